The standard InChI is InChI=1S/C68H90N12O26/c1-30(34-10-6-3-7-11-34)45-61(97)74-37(20-31-12-18-36(19-13-31)102-65-56(94)53(91)58(43(27-84)105-65)106-66-55(93)52(90)57(42(26-83)104-66)101-29-33-14-16-35(17-15-33)100-28-32-8-4-2-5-9-32)60(96)78-46(48(86)38-21-72-67(69)76-38)63(99)79-47(62(98)75-39(24-81)59(95)71-23-44(85)77-45)49(87)40-22-73-68(70)80(40)64-54(92)51(89)50(88)41(25-82)103-64/h2-19,30,37-43,45-58,64-66,81-84,86-94H,20-29H2,1H3,(H2,70,73)(H,71,95)(H,74,97)(H,75,98)(H,77,85)(H,78,96)(H,79,99)(H3,69,72,76)/t30-,37+,38-,39-,40-,41+,42+,43+,45-,46-,47+,48-,49-,50+,51-,52+,53+,54-,55-,56-,57+,58+,64-,65-,66+/m0/s1. The minimum atomic E-state index is -2.36. The van der Waals surface area contributed by atoms with Gasteiger partial charge in [-0.1, -0.05) is 91.9 Å². The quantitative estimate of drug-likeness (QED) is 0.0328. The number of aliphatic imine (C=N–C) groups is 2. The molecule has 0 aliphatic carbocycles. The van der Waals surface area contributed by atoms with Gasteiger partial charge in [0.1, 0.15) is 134 Å². The van der Waals surface area contributed by atoms with Crippen molar-refractivity contribution in [2.24, 2.45) is 21.5 Å². The molecule has 4 saturated heterocycles. The van der Waals surface area contributed by atoms with Crippen LogP contribution in [0.4, 0.5) is 0 Å². The molecule has 0 spiro atoms. The average molecular weight is 1490 g/mol. The van der Waals surface area contributed by atoms with Gasteiger partial charge in [-0.25, -0.2) is 4.99 Å². The summed E-state index contributed by atoms with van der Waals surface area (Å²) in [6.07, 6.45) is -31.1. The van der Waals surface area contributed by atoms with Crippen LogP contribution < -0.4 is 58.2 Å². The molecule has 0 radical (unpaired) electrons. The fraction of sp³-hybridized carbons (Fsp3) is 0.529. The second-order valence-electron chi connectivity index (χ2n) is 26.3. The molecule has 578 valence electrons. The number of nitrogens with zero attached hydrogens (tertiary/aromatic N) is 3. The van der Waals surface area contributed by atoms with Gasteiger partial charge in [0.05, 0.1) is 58.2 Å². The van der Waals surface area contributed by atoms with Crippen LogP contribution in [0, 0.1) is 0 Å². The molecule has 106 heavy (non-hydrogen) atoms. The molecule has 0 saturated carbocycles. The normalized spacial score (nSPS) is 33.8. The number of carbonyl (C=O) groups is 6. The van der Waals surface area contributed by atoms with Crippen molar-refractivity contribution in [2.75, 3.05) is 46.1 Å². The summed E-state index contributed by atoms with van der Waals surface area (Å²) in [4.78, 5) is 96.8. The van der Waals surface area contributed by atoms with Crippen LogP contribution in [0.3, 0.4) is 0 Å². The van der Waals surface area contributed by atoms with Crippen LogP contribution in [0.1, 0.15) is 35.1 Å². The highest BCUT2D eigenvalue weighted by molar-refractivity contribution is 5.98. The summed E-state index contributed by atoms with van der Waals surface area (Å²) in [5.74, 6) is -8.44. The van der Waals surface area contributed by atoms with Crippen molar-refractivity contribution in [3.05, 3.63) is 131 Å². The van der Waals surface area contributed by atoms with E-state index in [1.165, 1.54) is 24.3 Å². The molecule has 24 N–H and O–H groups in total. The van der Waals surface area contributed by atoms with Crippen LogP contribution in [0.5, 0.6) is 11.5 Å². The Morgan fingerprint density at radius 3 is 1.75 bits per heavy atom. The third-order valence-corrected chi connectivity index (χ3v) is 19.1. The summed E-state index contributed by atoms with van der Waals surface area (Å²) < 4.78 is 41.1. The monoisotopic (exact) mass is 1490 g/mol. The second-order valence-corrected chi connectivity index (χ2v) is 26.3. The van der Waals surface area contributed by atoms with Gasteiger partial charge in [-0.15, -0.1) is 0 Å². The first-order chi connectivity index (χ1) is 50.8. The van der Waals surface area contributed by atoms with Gasteiger partial charge in [-0.3, -0.25) is 33.8 Å². The number of carbonyl (C=O) groups excluding carboxylic acids is 6. The van der Waals surface area contributed by atoms with E-state index >= 15 is 9.59 Å². The summed E-state index contributed by atoms with van der Waals surface area (Å²) in [6, 6.07) is 17.2. The number of hydrogen-bond acceptors (Lipinski definition) is 32. The van der Waals surface area contributed by atoms with Gasteiger partial charge < -0.3 is 153 Å². The van der Waals surface area contributed by atoms with E-state index < -0.39 is 240 Å². The molecule has 6 aliphatic heterocycles. The Labute approximate surface area is 605 Å². The maximum atomic E-state index is 15.2. The zero-order valence-corrected chi connectivity index (χ0v) is 57.0. The Balaban J connectivity index is 0.875. The molecule has 0 unspecified atom stereocenters. The SMILES string of the molecule is C[C@@H](c1ccccc1)[C@@H]1NC(=O)CNC(=O)[C@H](CO)NC(=O)[C@@H]([C@@H](O)[C@@H]2CN=C(N)N2[C@H]2O[C@H](CO)[C@@H](O)[C@H](O)[C@@H]2O)NC(=O)[C@H]([C@@H](O)[C@@H]2CNC(N)=N2)NC(=O)[C@@H](Cc2ccc(O[C@H]3O[C@H](CO)[C@@H](O[C@H]4O[C@H](CO)[C@@H](OCc5ccc(OCc6ccccc6)cc5)[C@H](O)[C@@H]4O)[C@H](O)[C@@H]3O)cc2)NC1=O. The van der Waals surface area contributed by atoms with E-state index in [2.05, 4.69) is 47.2 Å². The molecule has 25 atom stereocenters. The summed E-state index contributed by atoms with van der Waals surface area (Å²) in [6.45, 7) is -3.60. The fourth-order valence-corrected chi connectivity index (χ4v) is 13.0. The number of aliphatic hydroxyl groups is 13. The smallest absolute Gasteiger partial charge is 0.246 e. The minimum Gasteiger partial charge on any atom is -0.489 e. The van der Waals surface area contributed by atoms with Crippen molar-refractivity contribution in [1.82, 2.24) is 42.1 Å². The third kappa shape index (κ3) is 18.7. The second kappa shape index (κ2) is 36.1. The lowest BCUT2D eigenvalue weighted by atomic mass is 9.92. The van der Waals surface area contributed by atoms with E-state index in [1.807, 2.05) is 30.3 Å². The Morgan fingerprint density at radius 2 is 1.10 bits per heavy atom. The largest absolute Gasteiger partial charge is 0.489 e. The number of aliphatic hydroxyl groups excluding tert-OH is 13. The highest BCUT2D eigenvalue weighted by atomic mass is 16.7. The van der Waals surface area contributed by atoms with Gasteiger partial charge in [-0.05, 0) is 46.5 Å². The number of hydrogen-bond donors (Lipinski definition) is 22. The van der Waals surface area contributed by atoms with Crippen molar-refractivity contribution in [3.8, 4) is 11.5 Å². The maximum Gasteiger partial charge on any atom is 0.246 e. The molecule has 38 nitrogen and oxygen atoms in total. The lowest BCUT2D eigenvalue weighted by molar-refractivity contribution is -0.355. The Bertz CT molecular complexity index is 3670. The lowest BCUT2D eigenvalue weighted by Gasteiger charge is -2.46. The van der Waals surface area contributed by atoms with E-state index in [4.69, 9.17) is 44.6 Å². The molecule has 6 aliphatic rings. The van der Waals surface area contributed by atoms with Crippen molar-refractivity contribution < 1.29 is 128 Å². The van der Waals surface area contributed by atoms with Crippen LogP contribution in [0.25, 0.3) is 0 Å². The number of guanidine groups is 2. The molecule has 6 amide bonds. The molecular formula is C68H90N12O26. The van der Waals surface area contributed by atoms with Gasteiger partial charge in [0.2, 0.25) is 41.7 Å². The van der Waals surface area contributed by atoms with E-state index in [-0.39, 0.29) is 30.4 Å². The lowest BCUT2D eigenvalue weighted by Crippen LogP contribution is -2.70. The summed E-state index contributed by atoms with van der Waals surface area (Å²) in [5.41, 5.74) is 14.5. The van der Waals surface area contributed by atoms with Gasteiger partial charge in [-0.2, -0.15) is 0 Å². The molecule has 10 rings (SSSR count). The fourth-order valence-electron chi connectivity index (χ4n) is 13.0. The number of rotatable bonds is 23. The molecular weight excluding hydrogens is 1400 g/mol. The molecule has 4 aromatic rings. The van der Waals surface area contributed by atoms with E-state index in [0.29, 0.717) is 23.5 Å². The van der Waals surface area contributed by atoms with Crippen molar-refractivity contribution >= 4 is 47.4 Å². The van der Waals surface area contributed by atoms with Gasteiger partial charge in [0.25, 0.3) is 0 Å². The maximum absolute atomic E-state index is 15.2. The number of ether oxygens (including phenoxy) is 7. The predicted octanol–water partition coefficient (Wildman–Crippen LogP) is -9.81. The van der Waals surface area contributed by atoms with Gasteiger partial charge in [0, 0.05) is 18.9 Å². The highest BCUT2D eigenvalue weighted by Gasteiger charge is 2.54. The van der Waals surface area contributed by atoms with Crippen molar-refractivity contribution in [2.45, 2.75) is 179 Å². The van der Waals surface area contributed by atoms with Crippen LogP contribution in [-0.4, -0.2) is 311 Å². The first kappa shape index (κ1) is 79.7. The Hall–Kier alpha value is -8.88. The van der Waals surface area contributed by atoms with Crippen molar-refractivity contribution in [1.29, 1.82) is 0 Å². The molecule has 4 aromatic carbocycles. The molecule has 4 fully saturated rings. The topological polar surface area (TPSA) is 594 Å². The highest BCUT2D eigenvalue weighted by Crippen LogP contribution is 2.34. The molecule has 0 bridgehead atoms. The Kier molecular flexibility index (Phi) is 27.2. The van der Waals surface area contributed by atoms with Gasteiger partial charge >= 0.3 is 0 Å². The van der Waals surface area contributed by atoms with Gasteiger partial charge in [0.15, 0.2) is 24.4 Å². The number of nitrogens with two attached hydrogens (primary N) is 2. The summed E-state index contributed by atoms with van der Waals surface area (Å²) in [7, 11) is 0. The van der Waals surface area contributed by atoms with Crippen LogP contribution in [0.15, 0.2) is 119 Å². The molecule has 38 heteroatoms. The predicted molar refractivity (Wildman–Crippen MR) is 363 cm³/mol. The zero-order chi connectivity index (χ0) is 76.2. The van der Waals surface area contributed by atoms with Crippen molar-refractivity contribution in [3.63, 3.8) is 0 Å². The van der Waals surface area contributed by atoms with E-state index in [1.54, 1.807) is 61.5 Å². The first-order valence-electron chi connectivity index (χ1n) is 34.1. The number of nitrogens with one attached hydrogen (secondary N) is 7. The van der Waals surface area contributed by atoms with E-state index in [9.17, 15) is 85.6 Å². The zero-order valence-electron chi connectivity index (χ0n) is 57.0. The number of benzene rings is 4. The average Bonchev–Trinajstić information content (AvgIpc) is 1.49. The van der Waals surface area contributed by atoms with Crippen LogP contribution in [0.2, 0.25) is 0 Å². The molecule has 0 aromatic heterocycles. The van der Waals surface area contributed by atoms with Crippen LogP contribution >= 0.6 is 0 Å². The first-order valence-corrected chi connectivity index (χ1v) is 34.1. The number of amides is 6. The summed E-state index contributed by atoms with van der Waals surface area (Å²) in [5, 5.41) is 161. The molecule has 6 heterocycles. The third-order valence-electron chi connectivity index (χ3n) is 19.1. The van der Waals surface area contributed by atoms with E-state index in [0.717, 1.165) is 10.5 Å². The Morgan fingerprint density at radius 1 is 0.538 bits per heavy atom. The summed E-state index contributed by atoms with van der Waals surface area (Å²) >= 11 is 0. The minimum absolute atomic E-state index is 0.0711. The van der Waals surface area contributed by atoms with Crippen LogP contribution in [-0.2, 0) is 72.1 Å².